The number of rotatable bonds is 6. The van der Waals surface area contributed by atoms with Crippen LogP contribution in [0.2, 0.25) is 0 Å². The Morgan fingerprint density at radius 2 is 2.24 bits per heavy atom. The third kappa shape index (κ3) is 5.75. The second-order valence-electron chi connectivity index (χ2n) is 5.37. The van der Waals surface area contributed by atoms with Gasteiger partial charge in [-0.3, -0.25) is 10.1 Å². The Bertz CT molecular complexity index is 230. The molecule has 1 aliphatic heterocycles. The van der Waals surface area contributed by atoms with E-state index in [4.69, 9.17) is 0 Å². The van der Waals surface area contributed by atoms with Crippen molar-refractivity contribution >= 4 is 17.7 Å². The van der Waals surface area contributed by atoms with Crippen molar-refractivity contribution in [3.8, 4) is 0 Å². The van der Waals surface area contributed by atoms with Crippen molar-refractivity contribution < 1.29 is 4.79 Å². The summed E-state index contributed by atoms with van der Waals surface area (Å²) in [6.07, 6.45) is 1.03. The van der Waals surface area contributed by atoms with Gasteiger partial charge in [-0.05, 0) is 26.4 Å². The molecule has 5 heteroatoms. The van der Waals surface area contributed by atoms with Gasteiger partial charge < -0.3 is 10.2 Å². The average Bonchev–Trinajstić information content (AvgIpc) is 2.67. The minimum atomic E-state index is -0.00294. The molecule has 0 bridgehead atoms. The van der Waals surface area contributed by atoms with Crippen LogP contribution < -0.4 is 10.6 Å². The molecule has 1 aliphatic rings. The highest BCUT2D eigenvalue weighted by atomic mass is 32.2. The number of hydrogen-bond acceptors (Lipinski definition) is 4. The Morgan fingerprint density at radius 3 is 2.71 bits per heavy atom. The van der Waals surface area contributed by atoms with E-state index >= 15 is 0 Å². The lowest BCUT2D eigenvalue weighted by Gasteiger charge is -2.25. The molecule has 0 aliphatic carbocycles. The zero-order valence-electron chi connectivity index (χ0n) is 11.3. The predicted molar refractivity (Wildman–Crippen MR) is 74.2 cm³/mol. The molecule has 1 rings (SSSR count). The van der Waals surface area contributed by atoms with E-state index < -0.39 is 0 Å². The molecule has 0 aromatic rings. The van der Waals surface area contributed by atoms with Crippen LogP contribution in [0.3, 0.4) is 0 Å². The Kier molecular flexibility index (Phi) is 6.30. The Balaban J connectivity index is 2.43. The van der Waals surface area contributed by atoms with Crippen LogP contribution in [0.25, 0.3) is 0 Å². The quantitative estimate of drug-likeness (QED) is 0.738. The molecule has 0 radical (unpaired) electrons. The number of amides is 1. The van der Waals surface area contributed by atoms with E-state index in [0.717, 1.165) is 24.6 Å². The first-order valence-corrected chi connectivity index (χ1v) is 7.40. The van der Waals surface area contributed by atoms with Crippen molar-refractivity contribution in [1.29, 1.82) is 0 Å². The molecule has 1 heterocycles. The van der Waals surface area contributed by atoms with Crippen LogP contribution in [0.15, 0.2) is 0 Å². The van der Waals surface area contributed by atoms with Crippen molar-refractivity contribution in [3.63, 3.8) is 0 Å². The monoisotopic (exact) mass is 259 g/mol. The second kappa shape index (κ2) is 7.24. The molecule has 2 atom stereocenters. The third-order valence-electron chi connectivity index (χ3n) is 2.72. The number of thioether (sulfide) groups is 1. The fourth-order valence-electron chi connectivity index (χ4n) is 2.05. The van der Waals surface area contributed by atoms with E-state index in [1.807, 2.05) is 14.1 Å². The molecular weight excluding hydrogens is 234 g/mol. The van der Waals surface area contributed by atoms with Crippen molar-refractivity contribution in [2.75, 3.05) is 32.3 Å². The molecule has 0 aromatic heterocycles. The number of likely N-dealkylation sites (N-methyl/N-ethyl adjacent to an activating group) is 1. The Hall–Kier alpha value is -0.260. The normalized spacial score (nSPS) is 22.1. The first-order chi connectivity index (χ1) is 7.99. The van der Waals surface area contributed by atoms with Crippen LogP contribution in [0.1, 0.15) is 20.3 Å². The Labute approximate surface area is 109 Å². The molecular formula is C12H25N3OS. The van der Waals surface area contributed by atoms with Gasteiger partial charge in [-0.25, -0.2) is 0 Å². The number of carbonyl (C=O) groups excluding carboxylic acids is 1. The first kappa shape index (κ1) is 14.8. The lowest BCUT2D eigenvalue weighted by Crippen LogP contribution is -2.49. The smallest absolute Gasteiger partial charge is 0.238 e. The molecule has 1 amide bonds. The molecule has 4 nitrogen and oxygen atoms in total. The van der Waals surface area contributed by atoms with Crippen LogP contribution in [-0.4, -0.2) is 55.2 Å². The van der Waals surface area contributed by atoms with Gasteiger partial charge in [-0.2, -0.15) is 0 Å². The van der Waals surface area contributed by atoms with Gasteiger partial charge >= 0.3 is 0 Å². The van der Waals surface area contributed by atoms with Gasteiger partial charge in [-0.15, -0.1) is 11.8 Å². The maximum Gasteiger partial charge on any atom is 0.238 e. The fourth-order valence-corrected chi connectivity index (χ4v) is 3.00. The summed E-state index contributed by atoms with van der Waals surface area (Å²) >= 11 is 1.78. The first-order valence-electron chi connectivity index (χ1n) is 6.25. The number of carbonyl (C=O) groups is 1. The molecule has 0 spiro atoms. The van der Waals surface area contributed by atoms with E-state index in [0.29, 0.717) is 5.92 Å². The summed E-state index contributed by atoms with van der Waals surface area (Å²) in [6, 6.07) is 0.252. The van der Waals surface area contributed by atoms with Crippen LogP contribution in [-0.2, 0) is 4.79 Å². The van der Waals surface area contributed by atoms with Gasteiger partial charge in [0.05, 0.1) is 6.04 Å². The maximum atomic E-state index is 12.0. The van der Waals surface area contributed by atoms with Crippen molar-refractivity contribution in [3.05, 3.63) is 0 Å². The summed E-state index contributed by atoms with van der Waals surface area (Å²) < 4.78 is 0. The highest BCUT2D eigenvalue weighted by Gasteiger charge is 2.25. The van der Waals surface area contributed by atoms with Crippen LogP contribution >= 0.6 is 11.8 Å². The molecule has 17 heavy (non-hydrogen) atoms. The Morgan fingerprint density at radius 1 is 1.53 bits per heavy atom. The zero-order chi connectivity index (χ0) is 12.8. The summed E-state index contributed by atoms with van der Waals surface area (Å²) in [4.78, 5) is 14.1. The van der Waals surface area contributed by atoms with Crippen LogP contribution in [0.5, 0.6) is 0 Å². The average molecular weight is 259 g/mol. The topological polar surface area (TPSA) is 44.4 Å². The van der Waals surface area contributed by atoms with Crippen LogP contribution in [0.4, 0.5) is 0 Å². The molecule has 0 aromatic carbocycles. The van der Waals surface area contributed by atoms with Crippen LogP contribution in [0, 0.1) is 5.92 Å². The van der Waals surface area contributed by atoms with Crippen molar-refractivity contribution in [2.24, 2.45) is 5.92 Å². The van der Waals surface area contributed by atoms with Crippen molar-refractivity contribution in [2.45, 2.75) is 32.4 Å². The van der Waals surface area contributed by atoms with Gasteiger partial charge in [-0.1, -0.05) is 13.8 Å². The van der Waals surface area contributed by atoms with Gasteiger partial charge in [0.25, 0.3) is 0 Å². The largest absolute Gasteiger partial charge is 0.351 e. The van der Waals surface area contributed by atoms with E-state index in [9.17, 15) is 4.79 Å². The lowest BCUT2D eigenvalue weighted by atomic mass is 10.0. The molecule has 100 valence electrons. The molecule has 1 saturated heterocycles. The molecule has 2 unspecified atom stereocenters. The lowest BCUT2D eigenvalue weighted by molar-refractivity contribution is -0.123. The van der Waals surface area contributed by atoms with Gasteiger partial charge in [0.2, 0.25) is 5.91 Å². The number of hydrogen-bond donors (Lipinski definition) is 2. The minimum absolute atomic E-state index is 0.00294. The number of nitrogens with one attached hydrogen (secondary N) is 2. The van der Waals surface area contributed by atoms with E-state index in [1.165, 1.54) is 0 Å². The highest BCUT2D eigenvalue weighted by Crippen LogP contribution is 2.11. The van der Waals surface area contributed by atoms with E-state index in [-0.39, 0.29) is 18.0 Å². The summed E-state index contributed by atoms with van der Waals surface area (Å²) in [6.45, 7) is 5.29. The molecule has 1 fully saturated rings. The molecule has 2 N–H and O–H groups in total. The summed E-state index contributed by atoms with van der Waals surface area (Å²) in [5.74, 6) is 2.54. The SMILES string of the molecule is CC(C)CC(CN(C)C)NC(=O)C1CSCN1. The zero-order valence-corrected chi connectivity index (χ0v) is 12.1. The predicted octanol–water partition coefficient (Wildman–Crippen LogP) is 0.741. The van der Waals surface area contributed by atoms with E-state index in [1.54, 1.807) is 11.8 Å². The second-order valence-corrected chi connectivity index (χ2v) is 6.40. The molecule has 0 saturated carbocycles. The highest BCUT2D eigenvalue weighted by molar-refractivity contribution is 7.99. The van der Waals surface area contributed by atoms with Gasteiger partial charge in [0.1, 0.15) is 0 Å². The summed E-state index contributed by atoms with van der Waals surface area (Å²) in [5, 5.41) is 6.37. The third-order valence-corrected chi connectivity index (χ3v) is 3.66. The minimum Gasteiger partial charge on any atom is -0.351 e. The standard InChI is InChI=1S/C12H25N3OS/c1-9(2)5-10(6-15(3)4)14-12(16)11-7-17-8-13-11/h9-11,13H,5-8H2,1-4H3,(H,14,16). The summed E-state index contributed by atoms with van der Waals surface area (Å²) in [7, 11) is 4.09. The van der Waals surface area contributed by atoms with Crippen molar-refractivity contribution in [1.82, 2.24) is 15.5 Å². The maximum absolute atomic E-state index is 12.0. The van der Waals surface area contributed by atoms with Gasteiger partial charge in [0.15, 0.2) is 0 Å². The van der Waals surface area contributed by atoms with E-state index in [2.05, 4.69) is 29.4 Å². The summed E-state index contributed by atoms with van der Waals surface area (Å²) in [5.41, 5.74) is 0. The van der Waals surface area contributed by atoms with Gasteiger partial charge in [0, 0.05) is 24.2 Å². The fraction of sp³-hybridized carbons (Fsp3) is 0.917. The number of nitrogens with zero attached hydrogens (tertiary/aromatic N) is 1.